The molecule has 10 heteroatoms. The summed E-state index contributed by atoms with van der Waals surface area (Å²) in [6.45, 7) is 3.20. The van der Waals surface area contributed by atoms with Crippen LogP contribution in [0.4, 0.5) is 10.2 Å². The van der Waals surface area contributed by atoms with Crippen LogP contribution in [0.3, 0.4) is 0 Å². The monoisotopic (exact) mass is 629 g/mol. The zero-order chi connectivity index (χ0) is 26.8. The average Bonchev–Trinajstić information content (AvgIpc) is 3.27. The summed E-state index contributed by atoms with van der Waals surface area (Å²) in [6, 6.07) is 13.7. The molecule has 1 aliphatic rings. The topological polar surface area (TPSA) is 94.9 Å². The SMILES string of the molecule is CCOC(=O)c1cn2nc(N3CCC[C@@H](N)C3)c(Cc3ccccc3CI)c2c(=O)n1-c1cccc(F)c1. The maximum atomic E-state index is 14.2. The smallest absolute Gasteiger partial charge is 0.357 e. The molecule has 0 radical (unpaired) electrons. The molecule has 1 saturated heterocycles. The van der Waals surface area contributed by atoms with Crippen molar-refractivity contribution in [2.24, 2.45) is 5.73 Å². The standard InChI is InChI=1S/C28H29FIN5O3/c1-2-38-28(37)24-17-34-25(27(36)35(24)22-11-5-9-20(29)14-22)23(13-18-7-3-4-8-19(18)15-30)26(32-34)33-12-6-10-21(31)16-33/h3-5,7-9,11,14,17,21H,2,6,10,12-13,15-16,31H2,1H3/t21-/m1/s1. The lowest BCUT2D eigenvalue weighted by molar-refractivity contribution is 0.0514. The first-order valence-corrected chi connectivity index (χ1v) is 14.2. The predicted molar refractivity (Wildman–Crippen MR) is 153 cm³/mol. The summed E-state index contributed by atoms with van der Waals surface area (Å²) in [7, 11) is 0. The summed E-state index contributed by atoms with van der Waals surface area (Å²) in [4.78, 5) is 29.3. The molecule has 8 nitrogen and oxygen atoms in total. The van der Waals surface area contributed by atoms with Crippen LogP contribution in [0.1, 0.15) is 46.9 Å². The Hall–Kier alpha value is -3.25. The minimum absolute atomic E-state index is 0.00193. The van der Waals surface area contributed by atoms with Crippen molar-refractivity contribution in [1.29, 1.82) is 0 Å². The number of benzene rings is 2. The molecule has 0 bridgehead atoms. The Morgan fingerprint density at radius 2 is 2.00 bits per heavy atom. The van der Waals surface area contributed by atoms with Crippen LogP contribution < -0.4 is 16.2 Å². The highest BCUT2D eigenvalue weighted by atomic mass is 127. The molecule has 3 heterocycles. The van der Waals surface area contributed by atoms with Crippen molar-refractivity contribution >= 4 is 39.9 Å². The highest BCUT2D eigenvalue weighted by molar-refractivity contribution is 14.1. The summed E-state index contributed by atoms with van der Waals surface area (Å²) in [6.07, 6.45) is 3.82. The summed E-state index contributed by atoms with van der Waals surface area (Å²) >= 11 is 2.33. The first-order chi connectivity index (χ1) is 18.4. The highest BCUT2D eigenvalue weighted by Gasteiger charge is 2.28. The second kappa shape index (κ2) is 11.2. The normalized spacial score (nSPS) is 15.7. The van der Waals surface area contributed by atoms with Crippen LogP contribution in [0, 0.1) is 5.82 Å². The van der Waals surface area contributed by atoms with E-state index in [2.05, 4.69) is 39.6 Å². The minimum atomic E-state index is -0.690. The van der Waals surface area contributed by atoms with E-state index in [4.69, 9.17) is 15.6 Å². The molecule has 2 N–H and O–H groups in total. The number of carbonyl (C=O) groups is 1. The van der Waals surface area contributed by atoms with Crippen LogP contribution in [-0.2, 0) is 15.6 Å². The summed E-state index contributed by atoms with van der Waals surface area (Å²) in [5, 5.41) is 4.83. The van der Waals surface area contributed by atoms with Gasteiger partial charge in [0, 0.05) is 35.5 Å². The lowest BCUT2D eigenvalue weighted by Crippen LogP contribution is -2.43. The van der Waals surface area contributed by atoms with Crippen molar-refractivity contribution in [3.05, 3.63) is 93.3 Å². The van der Waals surface area contributed by atoms with Gasteiger partial charge in [-0.05, 0) is 49.1 Å². The Kier molecular flexibility index (Phi) is 7.80. The number of anilines is 1. The predicted octanol–water partition coefficient (Wildman–Crippen LogP) is 4.25. The molecule has 0 spiro atoms. The number of alkyl halides is 1. The number of hydrogen-bond donors (Lipinski definition) is 1. The number of carbonyl (C=O) groups excluding carboxylic acids is 1. The van der Waals surface area contributed by atoms with Crippen molar-refractivity contribution in [2.45, 2.75) is 36.7 Å². The maximum Gasteiger partial charge on any atom is 0.357 e. The van der Waals surface area contributed by atoms with E-state index in [1.54, 1.807) is 13.0 Å². The molecular weight excluding hydrogens is 600 g/mol. The minimum Gasteiger partial charge on any atom is -0.461 e. The van der Waals surface area contributed by atoms with E-state index >= 15 is 0 Å². The number of fused-ring (bicyclic) bond motifs is 1. The van der Waals surface area contributed by atoms with E-state index in [1.165, 1.54) is 39.0 Å². The molecule has 4 aromatic rings. The Bertz CT molecular complexity index is 1550. The molecule has 38 heavy (non-hydrogen) atoms. The van der Waals surface area contributed by atoms with Crippen LogP contribution in [0.5, 0.6) is 0 Å². The van der Waals surface area contributed by atoms with Crippen LogP contribution in [-0.4, -0.2) is 45.9 Å². The van der Waals surface area contributed by atoms with Gasteiger partial charge in [0.2, 0.25) is 0 Å². The molecule has 1 atom stereocenters. The number of rotatable bonds is 7. The van der Waals surface area contributed by atoms with Gasteiger partial charge in [-0.3, -0.25) is 9.36 Å². The Labute approximate surface area is 233 Å². The molecule has 0 amide bonds. The number of aromatic nitrogens is 3. The van der Waals surface area contributed by atoms with Gasteiger partial charge in [-0.25, -0.2) is 13.7 Å². The number of esters is 1. The van der Waals surface area contributed by atoms with Crippen LogP contribution >= 0.6 is 22.6 Å². The Balaban J connectivity index is 1.80. The highest BCUT2D eigenvalue weighted by Crippen LogP contribution is 2.30. The fraction of sp³-hybridized carbons (Fsp3) is 0.321. The third-order valence-corrected chi connectivity index (χ3v) is 7.64. The zero-order valence-electron chi connectivity index (χ0n) is 21.1. The largest absolute Gasteiger partial charge is 0.461 e. The van der Waals surface area contributed by atoms with Gasteiger partial charge in [-0.2, -0.15) is 0 Å². The van der Waals surface area contributed by atoms with E-state index in [1.807, 2.05) is 12.1 Å². The zero-order valence-corrected chi connectivity index (χ0v) is 23.2. The molecule has 2 aromatic carbocycles. The summed E-state index contributed by atoms with van der Waals surface area (Å²) in [5.74, 6) is -0.534. The van der Waals surface area contributed by atoms with Crippen LogP contribution in [0.15, 0.2) is 59.5 Å². The number of ether oxygens (including phenoxy) is 1. The first-order valence-electron chi connectivity index (χ1n) is 12.6. The second-order valence-corrected chi connectivity index (χ2v) is 10.1. The van der Waals surface area contributed by atoms with E-state index in [0.29, 0.717) is 24.3 Å². The second-order valence-electron chi connectivity index (χ2n) is 9.38. The maximum absolute atomic E-state index is 14.2. The van der Waals surface area contributed by atoms with Crippen molar-refractivity contribution in [3.8, 4) is 5.69 Å². The molecule has 0 unspecified atom stereocenters. The lowest BCUT2D eigenvalue weighted by atomic mass is 9.99. The summed E-state index contributed by atoms with van der Waals surface area (Å²) in [5.41, 5.74) is 9.39. The summed E-state index contributed by atoms with van der Waals surface area (Å²) < 4.78 is 23.0. The van der Waals surface area contributed by atoms with Crippen molar-refractivity contribution in [3.63, 3.8) is 0 Å². The lowest BCUT2D eigenvalue weighted by Gasteiger charge is -2.31. The van der Waals surface area contributed by atoms with Gasteiger partial charge in [-0.15, -0.1) is 5.10 Å². The van der Waals surface area contributed by atoms with Gasteiger partial charge >= 0.3 is 5.97 Å². The number of piperidine rings is 1. The third-order valence-electron chi connectivity index (χ3n) is 6.82. The number of nitrogens with zero attached hydrogens (tertiary/aromatic N) is 4. The molecule has 2 aromatic heterocycles. The fourth-order valence-corrected chi connectivity index (χ4v) is 5.80. The average molecular weight is 629 g/mol. The molecule has 1 fully saturated rings. The van der Waals surface area contributed by atoms with Crippen LogP contribution in [0.25, 0.3) is 11.2 Å². The fourth-order valence-electron chi connectivity index (χ4n) is 5.06. The van der Waals surface area contributed by atoms with E-state index in [0.717, 1.165) is 34.9 Å². The van der Waals surface area contributed by atoms with Gasteiger partial charge in [-0.1, -0.05) is 52.9 Å². The number of hydrogen-bond acceptors (Lipinski definition) is 6. The molecule has 5 rings (SSSR count). The van der Waals surface area contributed by atoms with Gasteiger partial charge in [0.05, 0.1) is 18.5 Å². The van der Waals surface area contributed by atoms with Gasteiger partial charge < -0.3 is 15.4 Å². The quantitative estimate of drug-likeness (QED) is 0.187. The van der Waals surface area contributed by atoms with Crippen molar-refractivity contribution < 1.29 is 13.9 Å². The molecule has 198 valence electrons. The van der Waals surface area contributed by atoms with Crippen LogP contribution in [0.2, 0.25) is 0 Å². The molecule has 0 aliphatic carbocycles. The van der Waals surface area contributed by atoms with E-state index in [9.17, 15) is 14.0 Å². The molecular formula is C28H29FIN5O3. The van der Waals surface area contributed by atoms with Gasteiger partial charge in [0.15, 0.2) is 11.5 Å². The Morgan fingerprint density at radius 1 is 1.21 bits per heavy atom. The third kappa shape index (κ3) is 5.06. The Morgan fingerprint density at radius 3 is 2.71 bits per heavy atom. The van der Waals surface area contributed by atoms with E-state index < -0.39 is 17.3 Å². The van der Waals surface area contributed by atoms with Gasteiger partial charge in [0.25, 0.3) is 5.56 Å². The van der Waals surface area contributed by atoms with Crippen molar-refractivity contribution in [2.75, 3.05) is 24.6 Å². The van der Waals surface area contributed by atoms with E-state index in [-0.39, 0.29) is 24.0 Å². The number of nitrogens with two attached hydrogens (primary N) is 1. The molecule has 0 saturated carbocycles. The first kappa shape index (κ1) is 26.4. The number of halogens is 2. The van der Waals surface area contributed by atoms with Crippen molar-refractivity contribution in [1.82, 2.24) is 14.2 Å². The molecule has 1 aliphatic heterocycles. The van der Waals surface area contributed by atoms with Gasteiger partial charge in [0.1, 0.15) is 11.3 Å².